The van der Waals surface area contributed by atoms with Crippen molar-refractivity contribution in [1.82, 2.24) is 0 Å². The van der Waals surface area contributed by atoms with Crippen LogP contribution in [-0.4, -0.2) is 12.6 Å². The second kappa shape index (κ2) is 8.11. The van der Waals surface area contributed by atoms with Crippen molar-refractivity contribution < 1.29 is 0 Å². The predicted molar refractivity (Wildman–Crippen MR) is 84.5 cm³/mol. The first-order valence-corrected chi connectivity index (χ1v) is 6.35. The van der Waals surface area contributed by atoms with Gasteiger partial charge in [0.2, 0.25) is 0 Å². The Morgan fingerprint density at radius 1 is 1.33 bits per heavy atom. The van der Waals surface area contributed by atoms with Crippen LogP contribution in [0.1, 0.15) is 31.7 Å². The summed E-state index contributed by atoms with van der Waals surface area (Å²) in [7, 11) is 0. The second-order valence-electron chi connectivity index (χ2n) is 4.53. The van der Waals surface area contributed by atoms with Crippen molar-refractivity contribution in [3.8, 4) is 0 Å². The minimum atomic E-state index is 0. The fraction of sp³-hybridized carbons (Fsp3) is 0.538. The number of anilines is 1. The van der Waals surface area contributed by atoms with E-state index in [1.165, 1.54) is 19.3 Å². The molecular formula is C13H21Cl3N2. The van der Waals surface area contributed by atoms with Crippen molar-refractivity contribution in [2.75, 3.05) is 11.4 Å². The van der Waals surface area contributed by atoms with Crippen LogP contribution in [-0.2, 0) is 6.54 Å². The van der Waals surface area contributed by atoms with Gasteiger partial charge in [-0.3, -0.25) is 0 Å². The van der Waals surface area contributed by atoms with Crippen molar-refractivity contribution in [2.45, 2.75) is 38.8 Å². The smallest absolute Gasteiger partial charge is 0.0642 e. The first-order chi connectivity index (χ1) is 7.72. The van der Waals surface area contributed by atoms with Crippen LogP contribution >= 0.6 is 36.4 Å². The molecule has 2 N–H and O–H groups in total. The van der Waals surface area contributed by atoms with Gasteiger partial charge in [-0.15, -0.1) is 24.8 Å². The standard InChI is InChI=1S/C13H19ClN2.2ClH/c1-10-4-2-3-7-16(10)13-6-5-11(9-15)8-12(13)14;;/h5-6,8,10H,2-4,7,9,15H2,1H3;2*1H. The lowest BCUT2D eigenvalue weighted by atomic mass is 10.0. The van der Waals surface area contributed by atoms with E-state index in [4.69, 9.17) is 17.3 Å². The topological polar surface area (TPSA) is 29.3 Å². The molecule has 1 fully saturated rings. The first-order valence-electron chi connectivity index (χ1n) is 5.97. The molecule has 18 heavy (non-hydrogen) atoms. The van der Waals surface area contributed by atoms with E-state index in [1.807, 2.05) is 6.07 Å². The average molecular weight is 312 g/mol. The number of rotatable bonds is 2. The van der Waals surface area contributed by atoms with Gasteiger partial charge < -0.3 is 10.6 Å². The average Bonchev–Trinajstić information content (AvgIpc) is 2.30. The highest BCUT2D eigenvalue weighted by molar-refractivity contribution is 6.33. The van der Waals surface area contributed by atoms with Crippen LogP contribution in [0.25, 0.3) is 0 Å². The van der Waals surface area contributed by atoms with Crippen LogP contribution in [0.5, 0.6) is 0 Å². The normalized spacial score (nSPS) is 18.8. The Kier molecular flexibility index (Phi) is 8.04. The summed E-state index contributed by atoms with van der Waals surface area (Å²) < 4.78 is 0. The van der Waals surface area contributed by atoms with Crippen molar-refractivity contribution in [3.63, 3.8) is 0 Å². The predicted octanol–water partition coefficient (Wildman–Crippen LogP) is 4.02. The van der Waals surface area contributed by atoms with Crippen LogP contribution in [0.15, 0.2) is 18.2 Å². The van der Waals surface area contributed by atoms with Crippen LogP contribution in [0.4, 0.5) is 5.69 Å². The Labute approximate surface area is 127 Å². The lowest BCUT2D eigenvalue weighted by Gasteiger charge is -2.36. The van der Waals surface area contributed by atoms with Gasteiger partial charge in [-0.2, -0.15) is 0 Å². The summed E-state index contributed by atoms with van der Waals surface area (Å²) >= 11 is 6.31. The molecule has 1 aliphatic rings. The van der Waals surface area contributed by atoms with Crippen LogP contribution in [0.2, 0.25) is 5.02 Å². The maximum Gasteiger partial charge on any atom is 0.0642 e. The highest BCUT2D eigenvalue weighted by atomic mass is 35.5. The molecule has 0 radical (unpaired) electrons. The zero-order chi connectivity index (χ0) is 11.5. The third-order valence-corrected chi connectivity index (χ3v) is 3.66. The lowest BCUT2D eigenvalue weighted by Crippen LogP contribution is -2.37. The maximum atomic E-state index is 6.31. The number of benzene rings is 1. The van der Waals surface area contributed by atoms with Gasteiger partial charge in [0, 0.05) is 19.1 Å². The molecule has 0 bridgehead atoms. The lowest BCUT2D eigenvalue weighted by molar-refractivity contribution is 0.485. The van der Waals surface area contributed by atoms with Gasteiger partial charge >= 0.3 is 0 Å². The number of hydrogen-bond acceptors (Lipinski definition) is 2. The van der Waals surface area contributed by atoms with Crippen molar-refractivity contribution in [2.24, 2.45) is 5.73 Å². The largest absolute Gasteiger partial charge is 0.368 e. The Balaban J connectivity index is 0.00000144. The monoisotopic (exact) mass is 310 g/mol. The summed E-state index contributed by atoms with van der Waals surface area (Å²) in [5.74, 6) is 0. The highest BCUT2D eigenvalue weighted by Gasteiger charge is 2.20. The van der Waals surface area contributed by atoms with Gasteiger partial charge in [0.25, 0.3) is 0 Å². The first kappa shape index (κ1) is 17.8. The van der Waals surface area contributed by atoms with Crippen molar-refractivity contribution in [3.05, 3.63) is 28.8 Å². The molecule has 1 saturated heterocycles. The van der Waals surface area contributed by atoms with Crippen LogP contribution in [0.3, 0.4) is 0 Å². The molecule has 1 aromatic rings. The molecule has 1 aromatic carbocycles. The molecule has 2 rings (SSSR count). The molecule has 0 saturated carbocycles. The fourth-order valence-electron chi connectivity index (χ4n) is 2.37. The molecule has 0 amide bonds. The number of piperidine rings is 1. The van der Waals surface area contributed by atoms with E-state index < -0.39 is 0 Å². The second-order valence-corrected chi connectivity index (χ2v) is 4.94. The van der Waals surface area contributed by atoms with Gasteiger partial charge in [0.1, 0.15) is 0 Å². The number of nitrogens with zero attached hydrogens (tertiary/aromatic N) is 1. The molecule has 1 atom stereocenters. The quantitative estimate of drug-likeness (QED) is 0.894. The summed E-state index contributed by atoms with van der Waals surface area (Å²) in [5, 5.41) is 0.830. The molecule has 5 heteroatoms. The van der Waals surface area contributed by atoms with E-state index in [-0.39, 0.29) is 24.8 Å². The fourth-order valence-corrected chi connectivity index (χ4v) is 2.68. The van der Waals surface area contributed by atoms with Crippen LogP contribution in [0, 0.1) is 0 Å². The van der Waals surface area contributed by atoms with Gasteiger partial charge in [0.15, 0.2) is 0 Å². The minimum absolute atomic E-state index is 0. The molecular weight excluding hydrogens is 291 g/mol. The summed E-state index contributed by atoms with van der Waals surface area (Å²) in [5.41, 5.74) is 7.86. The van der Waals surface area contributed by atoms with E-state index in [1.54, 1.807) is 0 Å². The molecule has 0 aliphatic carbocycles. The molecule has 0 aromatic heterocycles. The Bertz CT molecular complexity index is 371. The number of hydrogen-bond donors (Lipinski definition) is 1. The Morgan fingerprint density at radius 2 is 2.06 bits per heavy atom. The van der Waals surface area contributed by atoms with Crippen molar-refractivity contribution >= 4 is 42.1 Å². The van der Waals surface area contributed by atoms with E-state index in [0.29, 0.717) is 12.6 Å². The third-order valence-electron chi connectivity index (χ3n) is 3.36. The van der Waals surface area contributed by atoms with Crippen LogP contribution < -0.4 is 10.6 Å². The van der Waals surface area contributed by atoms with Crippen molar-refractivity contribution in [1.29, 1.82) is 0 Å². The number of nitrogens with two attached hydrogens (primary N) is 1. The molecule has 2 nitrogen and oxygen atoms in total. The SMILES string of the molecule is CC1CCCCN1c1ccc(CN)cc1Cl.Cl.Cl. The van der Waals surface area contributed by atoms with E-state index in [9.17, 15) is 0 Å². The van der Waals surface area contributed by atoms with Gasteiger partial charge in [0.05, 0.1) is 10.7 Å². The molecule has 1 aliphatic heterocycles. The maximum absolute atomic E-state index is 6.31. The van der Waals surface area contributed by atoms with E-state index >= 15 is 0 Å². The van der Waals surface area contributed by atoms with Gasteiger partial charge in [-0.1, -0.05) is 17.7 Å². The third kappa shape index (κ3) is 3.92. The molecule has 0 spiro atoms. The molecule has 1 unspecified atom stereocenters. The zero-order valence-corrected chi connectivity index (χ0v) is 13.0. The van der Waals surface area contributed by atoms with E-state index in [2.05, 4.69) is 24.0 Å². The minimum Gasteiger partial charge on any atom is -0.368 e. The summed E-state index contributed by atoms with van der Waals surface area (Å²) in [6, 6.07) is 6.75. The Hall–Kier alpha value is -0.150. The Morgan fingerprint density at radius 3 is 2.61 bits per heavy atom. The number of halogens is 3. The van der Waals surface area contributed by atoms with E-state index in [0.717, 1.165) is 22.8 Å². The highest BCUT2D eigenvalue weighted by Crippen LogP contribution is 2.31. The molecule has 1 heterocycles. The summed E-state index contributed by atoms with van der Waals surface area (Å²) in [4.78, 5) is 2.41. The molecule has 104 valence electrons. The van der Waals surface area contributed by atoms with Gasteiger partial charge in [-0.05, 0) is 43.9 Å². The summed E-state index contributed by atoms with van der Waals surface area (Å²) in [6.07, 6.45) is 3.85. The van der Waals surface area contributed by atoms with Gasteiger partial charge in [-0.25, -0.2) is 0 Å². The summed E-state index contributed by atoms with van der Waals surface area (Å²) in [6.45, 7) is 3.94. The zero-order valence-electron chi connectivity index (χ0n) is 10.6.